The van der Waals surface area contributed by atoms with Gasteiger partial charge in [-0.15, -0.1) is 5.17 Å². The molecule has 1 fully saturated rings. The van der Waals surface area contributed by atoms with Crippen molar-refractivity contribution < 1.29 is 4.84 Å². The zero-order valence-electron chi connectivity index (χ0n) is 10.9. The first-order valence-electron chi connectivity index (χ1n) is 6.12. The normalized spacial score (nSPS) is 15.5. The molecule has 0 unspecified atom stereocenters. The van der Waals surface area contributed by atoms with Gasteiger partial charge in [-0.25, -0.2) is 0 Å². The molecule has 0 saturated carbocycles. The van der Waals surface area contributed by atoms with Gasteiger partial charge in [-0.05, 0) is 19.1 Å². The molecule has 18 heavy (non-hydrogen) atoms. The summed E-state index contributed by atoms with van der Waals surface area (Å²) >= 11 is 0. The molecule has 0 aromatic carbocycles. The lowest BCUT2D eigenvalue weighted by molar-refractivity contribution is -0.177. The van der Waals surface area contributed by atoms with Crippen LogP contribution in [0.3, 0.4) is 0 Å². The predicted octanol–water partition coefficient (Wildman–Crippen LogP) is 0.948. The molecular weight excluding hydrogens is 228 g/mol. The van der Waals surface area contributed by atoms with Gasteiger partial charge in [0.2, 0.25) is 0 Å². The highest BCUT2D eigenvalue weighted by atomic mass is 16.7. The molecule has 2 N–H and O–H groups in total. The molecule has 0 amide bonds. The van der Waals surface area contributed by atoms with E-state index in [2.05, 4.69) is 22.3 Å². The first-order valence-corrected chi connectivity index (χ1v) is 6.12. The summed E-state index contributed by atoms with van der Waals surface area (Å²) in [4.78, 5) is 9.96. The highest BCUT2D eigenvalue weighted by Gasteiger charge is 2.17. The summed E-state index contributed by atoms with van der Waals surface area (Å²) in [5, 5.41) is 4.80. The summed E-state index contributed by atoms with van der Waals surface area (Å²) in [7, 11) is 1.83. The zero-order chi connectivity index (χ0) is 13.0. The van der Waals surface area contributed by atoms with E-state index in [0.29, 0.717) is 12.5 Å². The van der Waals surface area contributed by atoms with E-state index in [1.54, 1.807) is 5.17 Å². The molecule has 0 spiro atoms. The van der Waals surface area contributed by atoms with E-state index in [1.807, 2.05) is 32.2 Å². The molecule has 0 atom stereocenters. The molecule has 5 nitrogen and oxygen atoms in total. The maximum atomic E-state index is 5.56. The average Bonchev–Trinajstić information content (AvgIpc) is 2.26. The fourth-order valence-electron chi connectivity index (χ4n) is 1.67. The summed E-state index contributed by atoms with van der Waals surface area (Å²) in [5.74, 6) is 0.611. The van der Waals surface area contributed by atoms with E-state index >= 15 is 0 Å². The summed E-state index contributed by atoms with van der Waals surface area (Å²) in [6, 6.07) is 5.85. The highest BCUT2D eigenvalue weighted by molar-refractivity contribution is 5.57. The van der Waals surface area contributed by atoms with Crippen molar-refractivity contribution in [2.75, 3.05) is 26.7 Å². The van der Waals surface area contributed by atoms with Crippen LogP contribution in [-0.4, -0.2) is 36.9 Å². The van der Waals surface area contributed by atoms with Crippen LogP contribution < -0.4 is 10.7 Å². The van der Waals surface area contributed by atoms with E-state index in [1.165, 1.54) is 0 Å². The van der Waals surface area contributed by atoms with Crippen molar-refractivity contribution in [3.63, 3.8) is 0 Å². The summed E-state index contributed by atoms with van der Waals surface area (Å²) in [6.45, 7) is 8.70. The van der Waals surface area contributed by atoms with E-state index in [9.17, 15) is 0 Å². The van der Waals surface area contributed by atoms with Crippen LogP contribution in [0.25, 0.3) is 5.70 Å². The van der Waals surface area contributed by atoms with Crippen LogP contribution in [0.2, 0.25) is 0 Å². The van der Waals surface area contributed by atoms with Crippen LogP contribution in [-0.2, 0) is 4.84 Å². The lowest BCUT2D eigenvalue weighted by atomic mass is 10.1. The molecule has 1 aliphatic rings. The number of pyridine rings is 1. The van der Waals surface area contributed by atoms with Gasteiger partial charge in [-0.2, -0.15) is 0 Å². The number of nitrogens with one attached hydrogen (secondary N) is 2. The van der Waals surface area contributed by atoms with Crippen molar-refractivity contribution >= 4 is 5.70 Å². The largest absolute Gasteiger partial charge is 0.316 e. The van der Waals surface area contributed by atoms with Crippen LogP contribution in [0.15, 0.2) is 24.8 Å². The molecule has 5 heteroatoms. The molecule has 1 aliphatic heterocycles. The number of rotatable bonds is 6. The van der Waals surface area contributed by atoms with Crippen LogP contribution in [0, 0.1) is 12.8 Å². The number of aromatic nitrogens is 1. The van der Waals surface area contributed by atoms with Crippen LogP contribution in [0.1, 0.15) is 11.4 Å². The third-order valence-corrected chi connectivity index (χ3v) is 2.86. The Morgan fingerprint density at radius 1 is 1.61 bits per heavy atom. The van der Waals surface area contributed by atoms with Crippen molar-refractivity contribution in [1.82, 2.24) is 20.9 Å². The first-order chi connectivity index (χ1) is 8.65. The van der Waals surface area contributed by atoms with Crippen molar-refractivity contribution in [3.05, 3.63) is 36.2 Å². The number of hydrazine groups is 1. The molecule has 2 heterocycles. The minimum Gasteiger partial charge on any atom is -0.316 e. The van der Waals surface area contributed by atoms with Crippen LogP contribution in [0.4, 0.5) is 0 Å². The third kappa shape index (κ3) is 3.53. The standard InChI is InChI=1S/C13H20N4O/c1-10-5-4-6-13(15-10)11(2)16-17(3)18-9-12-7-14-8-12/h4-6,12,14,16H,2,7-9H2,1,3H3. The fraction of sp³-hybridized carbons (Fsp3) is 0.462. The summed E-state index contributed by atoms with van der Waals surface area (Å²) < 4.78 is 0. The van der Waals surface area contributed by atoms with Gasteiger partial charge < -0.3 is 5.32 Å². The molecular formula is C13H20N4O. The summed E-state index contributed by atoms with van der Waals surface area (Å²) in [5.41, 5.74) is 5.59. The molecule has 0 bridgehead atoms. The van der Waals surface area contributed by atoms with Gasteiger partial charge in [-0.1, -0.05) is 12.6 Å². The lowest BCUT2D eigenvalue weighted by Gasteiger charge is -2.29. The van der Waals surface area contributed by atoms with Crippen molar-refractivity contribution in [3.8, 4) is 0 Å². The Bertz CT molecular complexity index is 417. The Hall–Kier alpha value is -1.43. The SMILES string of the molecule is C=C(NN(C)OCC1CNC1)c1cccc(C)n1. The Labute approximate surface area is 108 Å². The maximum absolute atomic E-state index is 5.56. The maximum Gasteiger partial charge on any atom is 0.0872 e. The van der Waals surface area contributed by atoms with Crippen LogP contribution >= 0.6 is 0 Å². The Kier molecular flexibility index (Phi) is 4.30. The topological polar surface area (TPSA) is 49.4 Å². The van der Waals surface area contributed by atoms with E-state index in [4.69, 9.17) is 4.84 Å². The minimum absolute atomic E-state index is 0.611. The second-order valence-corrected chi connectivity index (χ2v) is 4.57. The van der Waals surface area contributed by atoms with E-state index in [0.717, 1.165) is 30.2 Å². The van der Waals surface area contributed by atoms with Gasteiger partial charge in [0.1, 0.15) is 0 Å². The molecule has 1 saturated heterocycles. The van der Waals surface area contributed by atoms with Gasteiger partial charge in [0.25, 0.3) is 0 Å². The number of hydroxylamine groups is 1. The van der Waals surface area contributed by atoms with Gasteiger partial charge in [0.05, 0.1) is 18.0 Å². The van der Waals surface area contributed by atoms with Gasteiger partial charge in [0, 0.05) is 31.7 Å². The van der Waals surface area contributed by atoms with Crippen LogP contribution in [0.5, 0.6) is 0 Å². The number of hydrogen-bond donors (Lipinski definition) is 2. The monoisotopic (exact) mass is 248 g/mol. The number of aryl methyl sites for hydroxylation is 1. The lowest BCUT2D eigenvalue weighted by Crippen LogP contribution is -2.46. The molecule has 1 aromatic heterocycles. The number of hydrogen-bond acceptors (Lipinski definition) is 5. The average molecular weight is 248 g/mol. The highest BCUT2D eigenvalue weighted by Crippen LogP contribution is 2.08. The van der Waals surface area contributed by atoms with Crippen molar-refractivity contribution in [2.24, 2.45) is 5.92 Å². The second-order valence-electron chi connectivity index (χ2n) is 4.57. The van der Waals surface area contributed by atoms with E-state index in [-0.39, 0.29) is 0 Å². The van der Waals surface area contributed by atoms with Gasteiger partial charge in [0.15, 0.2) is 0 Å². The predicted molar refractivity (Wildman–Crippen MR) is 71.2 cm³/mol. The van der Waals surface area contributed by atoms with Crippen molar-refractivity contribution in [1.29, 1.82) is 0 Å². The number of nitrogens with zero attached hydrogens (tertiary/aromatic N) is 2. The molecule has 0 radical (unpaired) electrons. The van der Waals surface area contributed by atoms with Gasteiger partial charge in [-0.3, -0.25) is 15.2 Å². The molecule has 98 valence electrons. The van der Waals surface area contributed by atoms with Crippen molar-refractivity contribution in [2.45, 2.75) is 6.92 Å². The Balaban J connectivity index is 1.78. The fourth-order valence-corrected chi connectivity index (χ4v) is 1.67. The smallest absolute Gasteiger partial charge is 0.0872 e. The molecule has 2 rings (SSSR count). The quantitative estimate of drug-likeness (QED) is 0.734. The Morgan fingerprint density at radius 3 is 3.00 bits per heavy atom. The van der Waals surface area contributed by atoms with Gasteiger partial charge >= 0.3 is 0 Å². The molecule has 1 aromatic rings. The minimum atomic E-state index is 0.611. The zero-order valence-corrected chi connectivity index (χ0v) is 10.9. The molecule has 0 aliphatic carbocycles. The Morgan fingerprint density at radius 2 is 2.39 bits per heavy atom. The second kappa shape index (κ2) is 5.95. The summed E-state index contributed by atoms with van der Waals surface area (Å²) in [6.07, 6.45) is 0. The first kappa shape index (κ1) is 13.0. The van der Waals surface area contributed by atoms with E-state index < -0.39 is 0 Å². The third-order valence-electron chi connectivity index (χ3n) is 2.86.